The molecule has 0 spiro atoms. The molecule has 1 aromatic carbocycles. The average molecular weight is 392 g/mol. The Labute approximate surface area is 157 Å². The van der Waals surface area contributed by atoms with Crippen LogP contribution in [0, 0.1) is 11.7 Å². The number of nitrogens with zero attached hydrogens (tertiary/aromatic N) is 1. The summed E-state index contributed by atoms with van der Waals surface area (Å²) in [4.78, 5) is 13.6. The molecule has 1 aliphatic heterocycles. The highest BCUT2D eigenvalue weighted by Crippen LogP contribution is 2.19. The van der Waals surface area contributed by atoms with Crippen molar-refractivity contribution in [3.8, 4) is 0 Å². The van der Waals surface area contributed by atoms with Gasteiger partial charge in [-0.2, -0.15) is 0 Å². The van der Waals surface area contributed by atoms with Gasteiger partial charge in [0.25, 0.3) is 0 Å². The number of hydrogen-bond acceptors (Lipinski definition) is 4. The molecule has 0 atom stereocenters. The Morgan fingerprint density at radius 2 is 1.96 bits per heavy atom. The van der Waals surface area contributed by atoms with Gasteiger partial charge in [-0.1, -0.05) is 12.1 Å². The Balaban J connectivity index is 1.48. The summed E-state index contributed by atoms with van der Waals surface area (Å²) >= 11 is 0. The van der Waals surface area contributed by atoms with Crippen molar-refractivity contribution in [2.75, 3.05) is 19.6 Å². The van der Waals surface area contributed by atoms with Gasteiger partial charge < -0.3 is 9.32 Å². The number of halogens is 1. The lowest BCUT2D eigenvalue weighted by atomic mass is 9.97. The molecular formula is C19H21FN2O4S. The Morgan fingerprint density at radius 3 is 2.63 bits per heavy atom. The molecule has 6 nitrogen and oxygen atoms in total. The third-order valence-electron chi connectivity index (χ3n) is 4.55. The standard InChI is InChI=1S/C19H21FN2O4S/c20-17-5-1-2-6-18(17)27(24,25)21-14-15-9-11-22(12-10-15)19(23)8-7-16-4-3-13-26-16/h1-8,13,15,21H,9-12,14H2/b8-7+. The average Bonchev–Trinajstić information content (AvgIpc) is 3.19. The predicted octanol–water partition coefficient (Wildman–Crippen LogP) is 2.65. The Kier molecular flexibility index (Phi) is 6.08. The summed E-state index contributed by atoms with van der Waals surface area (Å²) in [5, 5.41) is 0. The number of carbonyl (C=O) groups excluding carboxylic acids is 1. The lowest BCUT2D eigenvalue weighted by molar-refractivity contribution is -0.127. The third-order valence-corrected chi connectivity index (χ3v) is 6.00. The minimum absolute atomic E-state index is 0.100. The SMILES string of the molecule is O=C(/C=C/c1ccco1)N1CCC(CNS(=O)(=O)c2ccccc2F)CC1. The van der Waals surface area contributed by atoms with Crippen molar-refractivity contribution in [1.82, 2.24) is 9.62 Å². The first-order valence-corrected chi connectivity index (χ1v) is 10.2. The van der Waals surface area contributed by atoms with Crippen molar-refractivity contribution in [2.45, 2.75) is 17.7 Å². The first kappa shape index (κ1) is 19.3. The van der Waals surface area contributed by atoms with Crippen molar-refractivity contribution in [2.24, 2.45) is 5.92 Å². The van der Waals surface area contributed by atoms with Crippen LogP contribution >= 0.6 is 0 Å². The topological polar surface area (TPSA) is 79.6 Å². The number of sulfonamides is 1. The van der Waals surface area contributed by atoms with Gasteiger partial charge in [0.05, 0.1) is 6.26 Å². The number of nitrogens with one attached hydrogen (secondary N) is 1. The van der Waals surface area contributed by atoms with E-state index in [0.29, 0.717) is 31.7 Å². The lowest BCUT2D eigenvalue weighted by Crippen LogP contribution is -2.41. The fourth-order valence-corrected chi connectivity index (χ4v) is 4.16. The number of rotatable bonds is 6. The number of hydrogen-bond donors (Lipinski definition) is 1. The number of amides is 1. The molecule has 1 aromatic heterocycles. The van der Waals surface area contributed by atoms with Crippen LogP contribution in [-0.4, -0.2) is 38.9 Å². The molecular weight excluding hydrogens is 371 g/mol. The summed E-state index contributed by atoms with van der Waals surface area (Å²) in [5.41, 5.74) is 0. The highest BCUT2D eigenvalue weighted by atomic mass is 32.2. The normalized spacial score (nSPS) is 16.1. The molecule has 27 heavy (non-hydrogen) atoms. The van der Waals surface area contributed by atoms with Gasteiger partial charge in [-0.05, 0) is 49.1 Å². The van der Waals surface area contributed by atoms with E-state index in [1.807, 2.05) is 0 Å². The second-order valence-electron chi connectivity index (χ2n) is 6.40. The monoisotopic (exact) mass is 392 g/mol. The van der Waals surface area contributed by atoms with Crippen molar-refractivity contribution in [3.05, 3.63) is 60.3 Å². The van der Waals surface area contributed by atoms with Crippen molar-refractivity contribution in [1.29, 1.82) is 0 Å². The van der Waals surface area contributed by atoms with Gasteiger partial charge in [-0.25, -0.2) is 17.5 Å². The lowest BCUT2D eigenvalue weighted by Gasteiger charge is -2.31. The minimum Gasteiger partial charge on any atom is -0.465 e. The smallest absolute Gasteiger partial charge is 0.246 e. The van der Waals surface area contributed by atoms with Crippen LogP contribution in [0.4, 0.5) is 4.39 Å². The van der Waals surface area contributed by atoms with Gasteiger partial charge in [0.1, 0.15) is 16.5 Å². The minimum atomic E-state index is -3.88. The fraction of sp³-hybridized carbons (Fsp3) is 0.316. The van der Waals surface area contributed by atoms with Gasteiger partial charge >= 0.3 is 0 Å². The molecule has 1 amide bonds. The molecule has 0 saturated carbocycles. The molecule has 1 N–H and O–H groups in total. The number of carbonyl (C=O) groups is 1. The van der Waals surface area contributed by atoms with E-state index in [9.17, 15) is 17.6 Å². The number of furan rings is 1. The summed E-state index contributed by atoms with van der Waals surface area (Å²) in [5.74, 6) is -0.156. The van der Waals surface area contributed by atoms with E-state index >= 15 is 0 Å². The zero-order chi connectivity index (χ0) is 19.3. The first-order valence-electron chi connectivity index (χ1n) is 8.70. The van der Waals surface area contributed by atoms with Crippen LogP contribution in [0.5, 0.6) is 0 Å². The zero-order valence-corrected chi connectivity index (χ0v) is 15.5. The van der Waals surface area contributed by atoms with E-state index in [1.54, 1.807) is 23.1 Å². The van der Waals surface area contributed by atoms with Crippen molar-refractivity contribution in [3.63, 3.8) is 0 Å². The van der Waals surface area contributed by atoms with E-state index in [2.05, 4.69) is 4.72 Å². The Morgan fingerprint density at radius 1 is 1.22 bits per heavy atom. The molecule has 1 aliphatic rings. The number of benzene rings is 1. The van der Waals surface area contributed by atoms with Crippen LogP contribution in [-0.2, 0) is 14.8 Å². The van der Waals surface area contributed by atoms with Crippen LogP contribution in [0.1, 0.15) is 18.6 Å². The molecule has 8 heteroatoms. The molecule has 1 fully saturated rings. The summed E-state index contributed by atoms with van der Waals surface area (Å²) in [6, 6.07) is 8.80. The van der Waals surface area contributed by atoms with E-state index in [4.69, 9.17) is 4.42 Å². The maximum absolute atomic E-state index is 13.7. The van der Waals surface area contributed by atoms with E-state index in [0.717, 1.165) is 6.07 Å². The molecule has 0 aliphatic carbocycles. The molecule has 2 aromatic rings. The second-order valence-corrected chi connectivity index (χ2v) is 8.14. The van der Waals surface area contributed by atoms with Gasteiger partial charge in [-0.15, -0.1) is 0 Å². The molecule has 2 heterocycles. The van der Waals surface area contributed by atoms with Gasteiger partial charge in [0.2, 0.25) is 15.9 Å². The van der Waals surface area contributed by atoms with E-state index < -0.39 is 15.8 Å². The van der Waals surface area contributed by atoms with Crippen LogP contribution in [0.3, 0.4) is 0 Å². The van der Waals surface area contributed by atoms with Crippen LogP contribution in [0.2, 0.25) is 0 Å². The van der Waals surface area contributed by atoms with E-state index in [-0.39, 0.29) is 23.3 Å². The van der Waals surface area contributed by atoms with Crippen molar-refractivity contribution >= 4 is 22.0 Å². The van der Waals surface area contributed by atoms with E-state index in [1.165, 1.54) is 30.5 Å². The molecule has 3 rings (SSSR count). The summed E-state index contributed by atoms with van der Waals surface area (Å²) in [6.07, 6.45) is 6.00. The molecule has 144 valence electrons. The Bertz CT molecular complexity index is 902. The molecule has 0 radical (unpaired) electrons. The number of likely N-dealkylation sites (tertiary alicyclic amines) is 1. The highest BCUT2D eigenvalue weighted by molar-refractivity contribution is 7.89. The summed E-state index contributed by atoms with van der Waals surface area (Å²) < 4.78 is 45.8. The molecule has 0 bridgehead atoms. The van der Waals surface area contributed by atoms with Crippen LogP contribution in [0.25, 0.3) is 6.08 Å². The van der Waals surface area contributed by atoms with Crippen LogP contribution in [0.15, 0.2) is 58.1 Å². The maximum atomic E-state index is 13.7. The zero-order valence-electron chi connectivity index (χ0n) is 14.7. The third kappa shape index (κ3) is 5.05. The van der Waals surface area contributed by atoms with Crippen molar-refractivity contribution < 1.29 is 22.0 Å². The Hall–Kier alpha value is -2.45. The summed E-state index contributed by atoms with van der Waals surface area (Å²) in [6.45, 7) is 1.32. The van der Waals surface area contributed by atoms with Gasteiger partial charge in [0, 0.05) is 25.7 Å². The second kappa shape index (κ2) is 8.49. The predicted molar refractivity (Wildman–Crippen MR) is 98.6 cm³/mol. The van der Waals surface area contributed by atoms with Crippen LogP contribution < -0.4 is 4.72 Å². The summed E-state index contributed by atoms with van der Waals surface area (Å²) in [7, 11) is -3.88. The quantitative estimate of drug-likeness (QED) is 0.767. The highest BCUT2D eigenvalue weighted by Gasteiger charge is 2.24. The first-order chi connectivity index (χ1) is 13.0. The fourth-order valence-electron chi connectivity index (χ4n) is 2.97. The maximum Gasteiger partial charge on any atom is 0.246 e. The van der Waals surface area contributed by atoms with Gasteiger partial charge in [0.15, 0.2) is 0 Å². The molecule has 0 unspecified atom stereocenters. The largest absolute Gasteiger partial charge is 0.465 e. The van der Waals surface area contributed by atoms with Gasteiger partial charge in [-0.3, -0.25) is 4.79 Å². The molecule has 1 saturated heterocycles. The number of piperidine rings is 1.